The molecule has 1 aliphatic rings. The Kier molecular flexibility index (Phi) is 6.85. The Bertz CT molecular complexity index is 856. The minimum Gasteiger partial charge on any atom is -0.444 e. The van der Waals surface area contributed by atoms with Crippen LogP contribution in [0, 0.1) is 5.92 Å². The lowest BCUT2D eigenvalue weighted by molar-refractivity contribution is 0.0180. The number of amides is 1. The van der Waals surface area contributed by atoms with Gasteiger partial charge in [-0.25, -0.2) is 4.79 Å². The van der Waals surface area contributed by atoms with E-state index in [1.165, 1.54) is 0 Å². The van der Waals surface area contributed by atoms with Gasteiger partial charge in [0.2, 0.25) is 0 Å². The zero-order valence-electron chi connectivity index (χ0n) is 18.4. The van der Waals surface area contributed by atoms with E-state index in [1.54, 1.807) is 0 Å². The quantitative estimate of drug-likeness (QED) is 0.734. The van der Waals surface area contributed by atoms with E-state index in [4.69, 9.17) is 10.5 Å². The number of likely N-dealkylation sites (tertiary alicyclic amines) is 1. The average molecular weight is 411 g/mol. The molecule has 1 aromatic heterocycles. The molecule has 1 aromatic carbocycles. The van der Waals surface area contributed by atoms with E-state index in [-0.39, 0.29) is 6.09 Å². The first kappa shape index (κ1) is 21.9. The van der Waals surface area contributed by atoms with Crippen molar-refractivity contribution in [2.75, 3.05) is 13.1 Å². The highest BCUT2D eigenvalue weighted by molar-refractivity contribution is 5.68. The van der Waals surface area contributed by atoms with Gasteiger partial charge in [0.05, 0.1) is 6.20 Å². The lowest BCUT2D eigenvalue weighted by atomic mass is 9.92. The van der Waals surface area contributed by atoms with Gasteiger partial charge in [0, 0.05) is 37.1 Å². The number of benzene rings is 1. The maximum absolute atomic E-state index is 12.2. The van der Waals surface area contributed by atoms with Crippen molar-refractivity contribution in [1.82, 2.24) is 14.7 Å². The first-order valence-corrected chi connectivity index (χ1v) is 10.8. The van der Waals surface area contributed by atoms with Gasteiger partial charge >= 0.3 is 6.09 Å². The van der Waals surface area contributed by atoms with Crippen molar-refractivity contribution in [3.05, 3.63) is 48.8 Å². The maximum Gasteiger partial charge on any atom is 0.410 e. The number of piperidine rings is 1. The van der Waals surface area contributed by atoms with Crippen LogP contribution in [0.4, 0.5) is 4.79 Å². The number of hydrogen-bond acceptors (Lipinski definition) is 4. The fourth-order valence-corrected chi connectivity index (χ4v) is 3.78. The highest BCUT2D eigenvalue weighted by Gasteiger charge is 2.26. The van der Waals surface area contributed by atoms with Crippen LogP contribution in [0.2, 0.25) is 0 Å². The smallest absolute Gasteiger partial charge is 0.410 e. The van der Waals surface area contributed by atoms with Crippen molar-refractivity contribution in [3.63, 3.8) is 0 Å². The third-order valence-electron chi connectivity index (χ3n) is 5.49. The Balaban J connectivity index is 1.41. The van der Waals surface area contributed by atoms with Crippen molar-refractivity contribution < 1.29 is 9.53 Å². The molecule has 2 aromatic rings. The molecular formula is C24H34N4O2. The number of ether oxygens (including phenoxy) is 1. The molecule has 2 N–H and O–H groups in total. The van der Waals surface area contributed by atoms with Crippen LogP contribution >= 0.6 is 0 Å². The second-order valence-electron chi connectivity index (χ2n) is 9.15. The first-order valence-electron chi connectivity index (χ1n) is 10.8. The van der Waals surface area contributed by atoms with Crippen LogP contribution in [-0.4, -0.2) is 39.5 Å². The molecular weight excluding hydrogens is 376 g/mol. The summed E-state index contributed by atoms with van der Waals surface area (Å²) in [4.78, 5) is 14.0. The molecule has 0 bridgehead atoms. The van der Waals surface area contributed by atoms with Gasteiger partial charge in [-0.15, -0.1) is 0 Å². The van der Waals surface area contributed by atoms with Crippen molar-refractivity contribution in [3.8, 4) is 11.1 Å². The maximum atomic E-state index is 12.2. The minimum atomic E-state index is -0.433. The Morgan fingerprint density at radius 1 is 1.20 bits per heavy atom. The van der Waals surface area contributed by atoms with Crippen LogP contribution in [0.25, 0.3) is 16.8 Å². The summed E-state index contributed by atoms with van der Waals surface area (Å²) in [5.41, 5.74) is 9.06. The summed E-state index contributed by atoms with van der Waals surface area (Å²) in [5.74, 6) is 0.663. The minimum absolute atomic E-state index is 0.186. The molecule has 6 heteroatoms. The fraction of sp³-hybridized carbons (Fsp3) is 0.500. The van der Waals surface area contributed by atoms with Crippen molar-refractivity contribution in [2.45, 2.75) is 58.6 Å². The predicted molar refractivity (Wildman–Crippen MR) is 121 cm³/mol. The number of rotatable bonds is 6. The standard InChI is InChI=1S/C24H34N4O2/c1-18(25)20-7-9-21(10-8-20)22-16-26-28(17-22)13-5-6-19-11-14-27(15-12-19)23(29)30-24(2,3)4/h7-10,16-17,19H,1,5-6,11-15,25H2,2-4H3. The molecule has 0 aliphatic carbocycles. The molecule has 3 rings (SSSR count). The van der Waals surface area contributed by atoms with E-state index in [0.717, 1.165) is 62.0 Å². The summed E-state index contributed by atoms with van der Waals surface area (Å²) in [6.07, 6.45) is 8.15. The van der Waals surface area contributed by atoms with Gasteiger partial charge in [-0.2, -0.15) is 5.10 Å². The molecule has 6 nitrogen and oxygen atoms in total. The molecule has 0 spiro atoms. The fourth-order valence-electron chi connectivity index (χ4n) is 3.78. The summed E-state index contributed by atoms with van der Waals surface area (Å²) in [6, 6.07) is 8.07. The molecule has 0 saturated carbocycles. The van der Waals surface area contributed by atoms with E-state index in [9.17, 15) is 4.79 Å². The van der Waals surface area contributed by atoms with Gasteiger partial charge in [0.15, 0.2) is 0 Å². The number of aromatic nitrogens is 2. The zero-order valence-corrected chi connectivity index (χ0v) is 18.4. The van der Waals surface area contributed by atoms with Gasteiger partial charge in [-0.3, -0.25) is 4.68 Å². The number of nitrogens with zero attached hydrogens (tertiary/aromatic N) is 3. The summed E-state index contributed by atoms with van der Waals surface area (Å²) in [6.45, 7) is 12.0. The molecule has 1 amide bonds. The first-order chi connectivity index (χ1) is 14.2. The lowest BCUT2D eigenvalue weighted by Crippen LogP contribution is -2.41. The number of carbonyl (C=O) groups excluding carboxylic acids is 1. The van der Waals surface area contributed by atoms with Gasteiger partial charge < -0.3 is 15.4 Å². The molecule has 1 saturated heterocycles. The largest absolute Gasteiger partial charge is 0.444 e. The second-order valence-corrected chi connectivity index (χ2v) is 9.15. The van der Waals surface area contributed by atoms with E-state index < -0.39 is 5.60 Å². The molecule has 0 unspecified atom stereocenters. The molecule has 0 atom stereocenters. The van der Waals surface area contributed by atoms with E-state index >= 15 is 0 Å². The zero-order chi connectivity index (χ0) is 21.7. The lowest BCUT2D eigenvalue weighted by Gasteiger charge is -2.33. The van der Waals surface area contributed by atoms with Gasteiger partial charge in [-0.1, -0.05) is 30.8 Å². The number of nitrogens with two attached hydrogens (primary N) is 1. The van der Waals surface area contributed by atoms with Crippen LogP contribution in [0.5, 0.6) is 0 Å². The molecule has 30 heavy (non-hydrogen) atoms. The van der Waals surface area contributed by atoms with Gasteiger partial charge in [-0.05, 0) is 63.5 Å². The SMILES string of the molecule is C=C(N)c1ccc(-c2cnn(CCCC3CCN(C(=O)OC(C)(C)C)CC3)c2)cc1. The molecule has 1 aliphatic heterocycles. The topological polar surface area (TPSA) is 73.4 Å². The van der Waals surface area contributed by atoms with Gasteiger partial charge in [0.25, 0.3) is 0 Å². The Morgan fingerprint density at radius 3 is 2.47 bits per heavy atom. The van der Waals surface area contributed by atoms with Crippen LogP contribution in [0.1, 0.15) is 52.0 Å². The molecule has 0 radical (unpaired) electrons. The number of carbonyl (C=O) groups is 1. The van der Waals surface area contributed by atoms with E-state index in [2.05, 4.69) is 17.9 Å². The normalized spacial score (nSPS) is 15.2. The van der Waals surface area contributed by atoms with Gasteiger partial charge in [0.1, 0.15) is 5.60 Å². The highest BCUT2D eigenvalue weighted by Crippen LogP contribution is 2.24. The third kappa shape index (κ3) is 6.12. The van der Waals surface area contributed by atoms with Crippen molar-refractivity contribution in [2.24, 2.45) is 11.7 Å². The van der Waals surface area contributed by atoms with Crippen LogP contribution in [0.3, 0.4) is 0 Å². The van der Waals surface area contributed by atoms with Crippen LogP contribution in [0.15, 0.2) is 43.2 Å². The molecule has 162 valence electrons. The summed E-state index contributed by atoms with van der Waals surface area (Å²) in [5, 5.41) is 4.51. The van der Waals surface area contributed by atoms with Crippen LogP contribution in [-0.2, 0) is 11.3 Å². The Labute approximate surface area is 179 Å². The highest BCUT2D eigenvalue weighted by atomic mass is 16.6. The summed E-state index contributed by atoms with van der Waals surface area (Å²) < 4.78 is 7.49. The summed E-state index contributed by atoms with van der Waals surface area (Å²) in [7, 11) is 0. The van der Waals surface area contributed by atoms with E-state index in [1.807, 2.05) is 60.8 Å². The van der Waals surface area contributed by atoms with E-state index in [0.29, 0.717) is 11.6 Å². The number of hydrogen-bond donors (Lipinski definition) is 1. The van der Waals surface area contributed by atoms with Crippen molar-refractivity contribution in [1.29, 1.82) is 0 Å². The van der Waals surface area contributed by atoms with Crippen molar-refractivity contribution >= 4 is 11.8 Å². The summed E-state index contributed by atoms with van der Waals surface area (Å²) >= 11 is 0. The third-order valence-corrected chi connectivity index (χ3v) is 5.49. The number of aryl methyl sites for hydroxylation is 1. The second kappa shape index (κ2) is 9.37. The van der Waals surface area contributed by atoms with Crippen LogP contribution < -0.4 is 5.73 Å². The monoisotopic (exact) mass is 410 g/mol. The average Bonchev–Trinajstić information content (AvgIpc) is 3.16. The molecule has 1 fully saturated rings. The molecule has 2 heterocycles. The Hall–Kier alpha value is -2.76. The Morgan fingerprint density at radius 2 is 1.87 bits per heavy atom. The predicted octanol–water partition coefficient (Wildman–Crippen LogP) is 4.91.